The van der Waals surface area contributed by atoms with Crippen LogP contribution < -0.4 is 10.1 Å². The third-order valence-electron chi connectivity index (χ3n) is 8.83. The summed E-state index contributed by atoms with van der Waals surface area (Å²) in [6.07, 6.45) is 0.0370. The Morgan fingerprint density at radius 3 is 1.96 bits per heavy atom. The van der Waals surface area contributed by atoms with Crippen molar-refractivity contribution in [3.8, 4) is 5.75 Å². The van der Waals surface area contributed by atoms with Gasteiger partial charge in [0.15, 0.2) is 29.4 Å². The Morgan fingerprint density at radius 2 is 1.40 bits per heavy atom. The van der Waals surface area contributed by atoms with Crippen LogP contribution in [0.3, 0.4) is 0 Å². The van der Waals surface area contributed by atoms with Gasteiger partial charge in [-0.3, -0.25) is 4.57 Å². The van der Waals surface area contributed by atoms with Crippen LogP contribution in [0.25, 0.3) is 11.2 Å². The average molecular weight is 630 g/mol. The lowest BCUT2D eigenvalue weighted by Crippen LogP contribution is -2.38. The molecule has 1 N–H and O–H groups in total. The molecule has 238 valence electrons. The number of anilines is 1. The van der Waals surface area contributed by atoms with E-state index in [1.807, 2.05) is 85.8 Å². The van der Waals surface area contributed by atoms with Gasteiger partial charge in [-0.2, -0.15) is 0 Å². The van der Waals surface area contributed by atoms with Gasteiger partial charge in [0.2, 0.25) is 0 Å². The number of imidazole rings is 1. The number of benzene rings is 4. The zero-order chi connectivity index (χ0) is 32.2. The minimum absolute atomic E-state index is 0.216. The van der Waals surface area contributed by atoms with Gasteiger partial charge in [-0.15, -0.1) is 0 Å². The Morgan fingerprint density at radius 1 is 0.809 bits per heavy atom. The minimum atomic E-state index is -1.33. The number of hydrogen-bond donors (Lipinski definition) is 1. The van der Waals surface area contributed by atoms with Gasteiger partial charge in [-0.1, -0.05) is 110 Å². The van der Waals surface area contributed by atoms with Crippen molar-refractivity contribution in [1.29, 1.82) is 0 Å². The predicted octanol–water partition coefficient (Wildman–Crippen LogP) is 7.47. The van der Waals surface area contributed by atoms with E-state index in [2.05, 4.69) is 46.7 Å². The van der Waals surface area contributed by atoms with Crippen LogP contribution >= 0.6 is 0 Å². The number of rotatable bonds is 11. The van der Waals surface area contributed by atoms with E-state index in [0.717, 1.165) is 28.0 Å². The molecule has 4 aromatic carbocycles. The molecule has 1 aliphatic rings. The first-order valence-electron chi connectivity index (χ1n) is 15.8. The van der Waals surface area contributed by atoms with Gasteiger partial charge in [0.1, 0.15) is 23.7 Å². The van der Waals surface area contributed by atoms with Crippen LogP contribution in [0.15, 0.2) is 128 Å². The second-order valence-corrected chi connectivity index (χ2v) is 11.6. The van der Waals surface area contributed by atoms with Crippen LogP contribution in [0, 0.1) is 0 Å². The van der Waals surface area contributed by atoms with E-state index in [0.29, 0.717) is 23.4 Å². The second-order valence-electron chi connectivity index (χ2n) is 11.6. The fourth-order valence-corrected chi connectivity index (χ4v) is 6.42. The van der Waals surface area contributed by atoms with Gasteiger partial charge in [0.05, 0.1) is 26.1 Å². The molecule has 1 fully saturated rings. The first-order valence-corrected chi connectivity index (χ1v) is 15.8. The monoisotopic (exact) mass is 629 g/mol. The molecule has 7 rings (SSSR count). The number of ether oxygens (including phenoxy) is 3. The lowest BCUT2D eigenvalue weighted by Gasteiger charge is -2.37. The SMILES string of the molecule is CC[C@H]1O[C@@H](n2cnc3c(NC(c4ccccc4)(c4ccccc4)c4ccccc4)ncnc32)[C@@H](OCc2ccc(OC)cc2)C1F. The highest BCUT2D eigenvalue weighted by atomic mass is 19.1. The lowest BCUT2D eigenvalue weighted by atomic mass is 9.77. The molecule has 0 saturated carbocycles. The highest BCUT2D eigenvalue weighted by molar-refractivity contribution is 5.84. The van der Waals surface area contributed by atoms with Crippen molar-refractivity contribution in [2.45, 2.75) is 50.1 Å². The van der Waals surface area contributed by atoms with Gasteiger partial charge >= 0.3 is 0 Å². The first kappa shape index (κ1) is 30.5. The Hall–Kier alpha value is -5.12. The van der Waals surface area contributed by atoms with Crippen LogP contribution in [0.2, 0.25) is 0 Å². The Balaban J connectivity index is 1.29. The third kappa shape index (κ3) is 5.73. The van der Waals surface area contributed by atoms with Crippen molar-refractivity contribution in [2.24, 2.45) is 0 Å². The van der Waals surface area contributed by atoms with Crippen molar-refractivity contribution in [3.63, 3.8) is 0 Å². The van der Waals surface area contributed by atoms with Gasteiger partial charge in [-0.05, 0) is 40.8 Å². The van der Waals surface area contributed by atoms with Crippen LogP contribution in [0.1, 0.15) is 41.8 Å². The smallest absolute Gasteiger partial charge is 0.167 e. The number of alkyl halides is 1. The number of halogens is 1. The van der Waals surface area contributed by atoms with Crippen LogP contribution in [-0.2, 0) is 21.6 Å². The molecule has 0 amide bonds. The van der Waals surface area contributed by atoms with Crippen molar-refractivity contribution in [3.05, 3.63) is 150 Å². The Bertz CT molecular complexity index is 1810. The third-order valence-corrected chi connectivity index (χ3v) is 8.83. The summed E-state index contributed by atoms with van der Waals surface area (Å²) in [6, 6.07) is 38.4. The molecule has 47 heavy (non-hydrogen) atoms. The molecule has 0 bridgehead atoms. The molecule has 2 aromatic heterocycles. The van der Waals surface area contributed by atoms with Crippen LogP contribution in [0.4, 0.5) is 10.2 Å². The number of nitrogens with zero attached hydrogens (tertiary/aromatic N) is 4. The summed E-state index contributed by atoms with van der Waals surface area (Å²) < 4.78 is 35.4. The molecule has 9 heteroatoms. The maximum absolute atomic E-state index is 15.8. The maximum atomic E-state index is 15.8. The largest absolute Gasteiger partial charge is 0.497 e. The number of hydrogen-bond acceptors (Lipinski definition) is 7. The number of nitrogens with one attached hydrogen (secondary N) is 1. The number of methoxy groups -OCH3 is 1. The zero-order valence-electron chi connectivity index (χ0n) is 26.2. The predicted molar refractivity (Wildman–Crippen MR) is 179 cm³/mol. The molecular weight excluding hydrogens is 593 g/mol. The summed E-state index contributed by atoms with van der Waals surface area (Å²) in [5.41, 5.74) is 4.22. The topological polar surface area (TPSA) is 83.3 Å². The maximum Gasteiger partial charge on any atom is 0.167 e. The Labute approximate surface area is 273 Å². The van der Waals surface area contributed by atoms with Crippen molar-refractivity contribution in [1.82, 2.24) is 19.5 Å². The van der Waals surface area contributed by atoms with E-state index in [9.17, 15) is 0 Å². The normalized spacial score (nSPS) is 19.6. The van der Waals surface area contributed by atoms with Crippen LogP contribution in [0.5, 0.6) is 5.75 Å². The molecule has 4 atom stereocenters. The fourth-order valence-electron chi connectivity index (χ4n) is 6.42. The van der Waals surface area contributed by atoms with Crippen LogP contribution in [-0.4, -0.2) is 45.0 Å². The summed E-state index contributed by atoms with van der Waals surface area (Å²) in [5, 5.41) is 3.80. The molecule has 8 nitrogen and oxygen atoms in total. The molecule has 0 radical (unpaired) electrons. The minimum Gasteiger partial charge on any atom is -0.497 e. The Kier molecular flexibility index (Phi) is 8.65. The highest BCUT2D eigenvalue weighted by Crippen LogP contribution is 2.42. The zero-order valence-corrected chi connectivity index (χ0v) is 26.2. The first-order chi connectivity index (χ1) is 23.1. The van der Waals surface area contributed by atoms with E-state index in [4.69, 9.17) is 24.2 Å². The molecule has 0 spiro atoms. The standard InChI is InChI=1S/C38H36FN5O3/c1-3-31-32(39)34(46-23-26-19-21-30(45-2)22-20-26)37(47-31)44-25-42-33-35(40-24-41-36(33)44)43-38(27-13-7-4-8-14-27,28-15-9-5-10-16-28)29-17-11-6-12-18-29/h4-22,24-25,31-32,34,37H,3,23H2,1-2H3,(H,40,41,43)/t31-,32?,34+,37-/m1/s1. The molecule has 1 aliphatic heterocycles. The number of aromatic nitrogens is 4. The second kappa shape index (κ2) is 13.3. The van der Waals surface area contributed by atoms with E-state index >= 15 is 4.39 Å². The van der Waals surface area contributed by atoms with E-state index < -0.39 is 30.1 Å². The van der Waals surface area contributed by atoms with Crippen molar-refractivity contribution >= 4 is 17.0 Å². The lowest BCUT2D eigenvalue weighted by molar-refractivity contribution is -0.0692. The van der Waals surface area contributed by atoms with Gasteiger partial charge < -0.3 is 19.5 Å². The van der Waals surface area contributed by atoms with Gasteiger partial charge in [-0.25, -0.2) is 19.3 Å². The fraction of sp³-hybridized carbons (Fsp3) is 0.237. The molecule has 6 aromatic rings. The summed E-state index contributed by atoms with van der Waals surface area (Å²) in [4.78, 5) is 14.1. The number of fused-ring (bicyclic) bond motifs is 1. The van der Waals surface area contributed by atoms with E-state index in [1.54, 1.807) is 18.0 Å². The molecular formula is C38H36FN5O3. The highest BCUT2D eigenvalue weighted by Gasteiger charge is 2.47. The summed E-state index contributed by atoms with van der Waals surface area (Å²) in [7, 11) is 1.62. The van der Waals surface area contributed by atoms with Gasteiger partial charge in [0, 0.05) is 0 Å². The quantitative estimate of drug-likeness (QED) is 0.149. The molecule has 1 saturated heterocycles. The van der Waals surface area contributed by atoms with E-state index in [1.165, 1.54) is 6.33 Å². The van der Waals surface area contributed by atoms with Crippen molar-refractivity contribution in [2.75, 3.05) is 12.4 Å². The summed E-state index contributed by atoms with van der Waals surface area (Å²) >= 11 is 0. The average Bonchev–Trinajstić information content (AvgIpc) is 3.71. The van der Waals surface area contributed by atoms with Crippen molar-refractivity contribution < 1.29 is 18.6 Å². The molecule has 3 heterocycles. The molecule has 0 aliphatic carbocycles. The van der Waals surface area contributed by atoms with Gasteiger partial charge in [0.25, 0.3) is 0 Å². The summed E-state index contributed by atoms with van der Waals surface area (Å²) in [6.45, 7) is 2.13. The van der Waals surface area contributed by atoms with E-state index in [-0.39, 0.29) is 6.61 Å². The summed E-state index contributed by atoms with van der Waals surface area (Å²) in [5.74, 6) is 1.28. The molecule has 1 unspecified atom stereocenters.